The fourth-order valence-corrected chi connectivity index (χ4v) is 0.247. The van der Waals surface area contributed by atoms with Gasteiger partial charge in [0.2, 0.25) is 0 Å². The summed E-state index contributed by atoms with van der Waals surface area (Å²) in [6.45, 7) is 3.49. The van der Waals surface area contributed by atoms with Gasteiger partial charge in [-0.15, -0.1) is 0 Å². The maximum absolute atomic E-state index is 9.73. The highest BCUT2D eigenvalue weighted by atomic mass is 16.4. The van der Waals surface area contributed by atoms with E-state index in [1.165, 1.54) is 6.08 Å². The van der Waals surface area contributed by atoms with Gasteiger partial charge in [-0.2, -0.15) is 0 Å². The van der Waals surface area contributed by atoms with Crippen LogP contribution in [0.2, 0.25) is 0 Å². The van der Waals surface area contributed by atoms with Gasteiger partial charge in [-0.25, -0.2) is 4.79 Å². The van der Waals surface area contributed by atoms with E-state index in [9.17, 15) is 4.79 Å². The molecular formula is C5H11NO2. The van der Waals surface area contributed by atoms with E-state index in [1.807, 2.05) is 0 Å². The Bertz CT molecular complexity index is 103. The van der Waals surface area contributed by atoms with Crippen LogP contribution in [0, 0.1) is 0 Å². The van der Waals surface area contributed by atoms with Gasteiger partial charge in [0.05, 0.1) is 0 Å². The average Bonchev–Trinajstić information content (AvgIpc) is 1.27. The number of hydrogen-bond donors (Lipinski definition) is 2. The minimum Gasteiger partial charge on any atom is -0.478 e. The number of allylic oxidation sites excluding steroid dienone is 1. The Labute approximate surface area is 48.6 Å². The van der Waals surface area contributed by atoms with Gasteiger partial charge < -0.3 is 11.3 Å². The molecule has 3 heteroatoms. The maximum atomic E-state index is 9.73. The van der Waals surface area contributed by atoms with Crippen LogP contribution in [-0.4, -0.2) is 11.1 Å². The van der Waals surface area contributed by atoms with E-state index >= 15 is 0 Å². The molecule has 48 valence electrons. The molecule has 3 nitrogen and oxygen atoms in total. The predicted octanol–water partition coefficient (Wildman–Crippen LogP) is 1.20. The Hall–Kier alpha value is -0.830. The second-order valence-corrected chi connectivity index (χ2v) is 1.56. The summed E-state index contributed by atoms with van der Waals surface area (Å²) in [6, 6.07) is 0. The molecule has 0 heterocycles. The highest BCUT2D eigenvalue weighted by molar-refractivity contribution is 5.80. The standard InChI is InChI=1S/C5H8O2.H3N/c1-4(2)3-5(6)7;/h3H,1-2H3,(H,6,7);1H3. The summed E-state index contributed by atoms with van der Waals surface area (Å²) in [7, 11) is 0. The third-order valence-electron chi connectivity index (χ3n) is 0.412. The molecule has 4 N–H and O–H groups in total. The van der Waals surface area contributed by atoms with Crippen molar-refractivity contribution in [2.24, 2.45) is 0 Å². The molecule has 0 aliphatic rings. The van der Waals surface area contributed by atoms with Crippen molar-refractivity contribution >= 4 is 5.97 Å². The smallest absolute Gasteiger partial charge is 0.328 e. The lowest BCUT2D eigenvalue weighted by molar-refractivity contribution is -0.131. The molecule has 0 spiro atoms. The first-order valence-electron chi connectivity index (χ1n) is 2.01. The van der Waals surface area contributed by atoms with Crippen molar-refractivity contribution < 1.29 is 9.90 Å². The molecular weight excluding hydrogens is 106 g/mol. The van der Waals surface area contributed by atoms with Gasteiger partial charge in [0, 0.05) is 6.08 Å². The highest BCUT2D eigenvalue weighted by Crippen LogP contribution is 1.85. The maximum Gasteiger partial charge on any atom is 0.328 e. The van der Waals surface area contributed by atoms with Crippen LogP contribution in [-0.2, 0) is 4.79 Å². The van der Waals surface area contributed by atoms with Gasteiger partial charge >= 0.3 is 5.97 Å². The number of aliphatic carboxylic acids is 1. The highest BCUT2D eigenvalue weighted by Gasteiger charge is 1.83. The van der Waals surface area contributed by atoms with Crippen molar-refractivity contribution in [1.82, 2.24) is 6.15 Å². The van der Waals surface area contributed by atoms with Gasteiger partial charge in [-0.1, -0.05) is 5.57 Å². The van der Waals surface area contributed by atoms with E-state index in [2.05, 4.69) is 0 Å². The SMILES string of the molecule is CC(C)=CC(=O)O.N. The number of hydrogen-bond acceptors (Lipinski definition) is 2. The van der Waals surface area contributed by atoms with Crippen molar-refractivity contribution in [2.75, 3.05) is 0 Å². The normalized spacial score (nSPS) is 6.75. The second kappa shape index (κ2) is 4.33. The van der Waals surface area contributed by atoms with E-state index in [-0.39, 0.29) is 6.15 Å². The number of carboxylic acid groups (broad SMARTS) is 1. The zero-order valence-corrected chi connectivity index (χ0v) is 5.14. The summed E-state index contributed by atoms with van der Waals surface area (Å²) in [6.07, 6.45) is 1.17. The van der Waals surface area contributed by atoms with Crippen LogP contribution in [0.5, 0.6) is 0 Å². The Balaban J connectivity index is 0. The van der Waals surface area contributed by atoms with Crippen LogP contribution >= 0.6 is 0 Å². The first-order chi connectivity index (χ1) is 3.13. The van der Waals surface area contributed by atoms with Crippen molar-refractivity contribution in [3.63, 3.8) is 0 Å². The van der Waals surface area contributed by atoms with Crippen LogP contribution in [0.4, 0.5) is 0 Å². The average molecular weight is 117 g/mol. The molecule has 0 unspecified atom stereocenters. The van der Waals surface area contributed by atoms with Crippen LogP contribution in [0.25, 0.3) is 0 Å². The van der Waals surface area contributed by atoms with Crippen molar-refractivity contribution in [2.45, 2.75) is 13.8 Å². The molecule has 0 aromatic rings. The summed E-state index contributed by atoms with van der Waals surface area (Å²) < 4.78 is 0. The fourth-order valence-electron chi connectivity index (χ4n) is 0.247. The molecule has 0 aromatic carbocycles. The number of carboxylic acids is 1. The van der Waals surface area contributed by atoms with E-state index in [0.717, 1.165) is 5.57 Å². The number of carbonyl (C=O) groups is 1. The molecule has 0 saturated heterocycles. The molecule has 0 aromatic heterocycles. The minimum atomic E-state index is -0.875. The molecule has 0 saturated carbocycles. The lowest BCUT2D eigenvalue weighted by atomic mass is 10.3. The molecule has 0 radical (unpaired) electrons. The third kappa shape index (κ3) is 8.95. The zero-order chi connectivity index (χ0) is 5.86. The third-order valence-corrected chi connectivity index (χ3v) is 0.412. The molecule has 8 heavy (non-hydrogen) atoms. The predicted molar refractivity (Wildman–Crippen MR) is 32.1 cm³/mol. The van der Waals surface area contributed by atoms with Crippen molar-refractivity contribution in [3.8, 4) is 0 Å². The quantitative estimate of drug-likeness (QED) is 0.507. The molecule has 0 amide bonds. The van der Waals surface area contributed by atoms with E-state index < -0.39 is 5.97 Å². The summed E-state index contributed by atoms with van der Waals surface area (Å²) in [5.41, 5.74) is 0.813. The van der Waals surface area contributed by atoms with E-state index in [4.69, 9.17) is 5.11 Å². The first kappa shape index (κ1) is 10.2. The topological polar surface area (TPSA) is 72.3 Å². The van der Waals surface area contributed by atoms with Gasteiger partial charge in [-0.3, -0.25) is 0 Å². The van der Waals surface area contributed by atoms with Gasteiger partial charge in [0.15, 0.2) is 0 Å². The second-order valence-electron chi connectivity index (χ2n) is 1.56. The Morgan fingerprint density at radius 1 is 1.50 bits per heavy atom. The molecule has 0 bridgehead atoms. The first-order valence-corrected chi connectivity index (χ1v) is 2.01. The van der Waals surface area contributed by atoms with Crippen LogP contribution in [0.3, 0.4) is 0 Å². The Morgan fingerprint density at radius 2 is 1.88 bits per heavy atom. The molecule has 0 aliphatic carbocycles. The zero-order valence-electron chi connectivity index (χ0n) is 5.14. The van der Waals surface area contributed by atoms with Gasteiger partial charge in [0.1, 0.15) is 0 Å². The Kier molecular flexibility index (Phi) is 5.53. The van der Waals surface area contributed by atoms with E-state index in [0.29, 0.717) is 0 Å². The van der Waals surface area contributed by atoms with Gasteiger partial charge in [0.25, 0.3) is 0 Å². The van der Waals surface area contributed by atoms with Crippen LogP contribution < -0.4 is 6.15 Å². The van der Waals surface area contributed by atoms with Crippen molar-refractivity contribution in [1.29, 1.82) is 0 Å². The molecule has 0 rings (SSSR count). The van der Waals surface area contributed by atoms with Crippen LogP contribution in [0.15, 0.2) is 11.6 Å². The monoisotopic (exact) mass is 117 g/mol. The summed E-state index contributed by atoms with van der Waals surface area (Å²) in [4.78, 5) is 9.73. The lowest BCUT2D eigenvalue weighted by Gasteiger charge is -1.79. The van der Waals surface area contributed by atoms with Crippen molar-refractivity contribution in [3.05, 3.63) is 11.6 Å². The van der Waals surface area contributed by atoms with Crippen LogP contribution in [0.1, 0.15) is 13.8 Å². The number of rotatable bonds is 1. The minimum absolute atomic E-state index is 0. The van der Waals surface area contributed by atoms with E-state index in [1.54, 1.807) is 13.8 Å². The Morgan fingerprint density at radius 3 is 1.88 bits per heavy atom. The largest absolute Gasteiger partial charge is 0.478 e. The fraction of sp³-hybridized carbons (Fsp3) is 0.400. The summed E-state index contributed by atoms with van der Waals surface area (Å²) >= 11 is 0. The molecule has 0 atom stereocenters. The molecule has 0 fully saturated rings. The lowest BCUT2D eigenvalue weighted by Crippen LogP contribution is -1.86. The summed E-state index contributed by atoms with van der Waals surface area (Å²) in [5.74, 6) is -0.875. The molecule has 0 aliphatic heterocycles. The summed E-state index contributed by atoms with van der Waals surface area (Å²) in [5, 5.41) is 8.01. The van der Waals surface area contributed by atoms with Gasteiger partial charge in [-0.05, 0) is 13.8 Å².